The highest BCUT2D eigenvalue weighted by molar-refractivity contribution is 5.85. The topological polar surface area (TPSA) is 112 Å². The highest BCUT2D eigenvalue weighted by atomic mass is 16.4. The van der Waals surface area contributed by atoms with Crippen LogP contribution in [0.3, 0.4) is 0 Å². The molecule has 2 N–H and O–H groups in total. The normalized spacial score (nSPS) is 12.6. The predicted octanol–water partition coefficient (Wildman–Crippen LogP) is 8.18. The molecule has 0 saturated carbocycles. The van der Waals surface area contributed by atoms with Crippen molar-refractivity contribution in [2.45, 2.75) is 51.1 Å². The number of benzene rings is 5. The van der Waals surface area contributed by atoms with Gasteiger partial charge in [-0.15, -0.1) is 10.2 Å². The van der Waals surface area contributed by atoms with Gasteiger partial charge < -0.3 is 10.0 Å². The molecule has 0 spiro atoms. The van der Waals surface area contributed by atoms with Gasteiger partial charge in [-0.1, -0.05) is 160 Å². The van der Waals surface area contributed by atoms with Gasteiger partial charge in [0.15, 0.2) is 0 Å². The maximum absolute atomic E-state index is 14.2. The van der Waals surface area contributed by atoms with Gasteiger partial charge in [0.2, 0.25) is 11.7 Å². The number of carboxylic acid groups (broad SMARTS) is 1. The van der Waals surface area contributed by atoms with Gasteiger partial charge in [0.25, 0.3) is 0 Å². The van der Waals surface area contributed by atoms with Crippen LogP contribution in [0.15, 0.2) is 140 Å². The number of rotatable bonds is 14. The van der Waals surface area contributed by atoms with Gasteiger partial charge in [-0.25, -0.2) is 4.79 Å². The molecular formula is C42H41N5O3. The first-order valence-electron chi connectivity index (χ1n) is 17.1. The van der Waals surface area contributed by atoms with E-state index >= 15 is 0 Å². The summed E-state index contributed by atoms with van der Waals surface area (Å²) < 4.78 is 0. The highest BCUT2D eigenvalue weighted by Gasteiger charge is 2.49. The molecule has 0 aliphatic rings. The number of nitrogens with one attached hydrogen (secondary N) is 1. The molecule has 5 aromatic carbocycles. The summed E-state index contributed by atoms with van der Waals surface area (Å²) in [6, 6.07) is 44.8. The first-order chi connectivity index (χ1) is 24.4. The number of unbranched alkanes of at least 4 members (excludes halogenated alkanes) is 1. The lowest BCUT2D eigenvalue weighted by Crippen LogP contribution is -2.54. The van der Waals surface area contributed by atoms with Crippen LogP contribution in [0.5, 0.6) is 0 Å². The van der Waals surface area contributed by atoms with E-state index in [0.29, 0.717) is 12.2 Å². The van der Waals surface area contributed by atoms with Gasteiger partial charge in [0.05, 0.1) is 5.41 Å². The summed E-state index contributed by atoms with van der Waals surface area (Å²) >= 11 is 0. The number of hydrogen-bond acceptors (Lipinski definition) is 5. The molecule has 0 aliphatic heterocycles. The largest absolute Gasteiger partial charge is 0.480 e. The van der Waals surface area contributed by atoms with Crippen molar-refractivity contribution in [3.63, 3.8) is 0 Å². The van der Waals surface area contributed by atoms with Crippen molar-refractivity contribution in [3.8, 4) is 22.5 Å². The molecule has 50 heavy (non-hydrogen) atoms. The number of carboxylic acids is 1. The Bertz CT molecular complexity index is 1890. The van der Waals surface area contributed by atoms with Gasteiger partial charge in [0.1, 0.15) is 6.04 Å². The third-order valence-corrected chi connectivity index (χ3v) is 9.63. The molecule has 8 nitrogen and oxygen atoms in total. The molecule has 1 amide bonds. The second kappa shape index (κ2) is 15.6. The fourth-order valence-electron chi connectivity index (χ4n) is 7.25. The van der Waals surface area contributed by atoms with Crippen LogP contribution in [0.1, 0.15) is 55.4 Å². The summed E-state index contributed by atoms with van der Waals surface area (Å²) in [5, 5.41) is 25.7. The number of H-pyrrole nitrogens is 1. The Balaban J connectivity index is 1.45. The maximum atomic E-state index is 14.2. The third-order valence-electron chi connectivity index (χ3n) is 9.63. The van der Waals surface area contributed by atoms with Crippen molar-refractivity contribution in [2.24, 2.45) is 5.92 Å². The number of tetrazole rings is 1. The molecule has 1 aromatic heterocycles. The first kappa shape index (κ1) is 34.0. The summed E-state index contributed by atoms with van der Waals surface area (Å²) in [5.41, 5.74) is 5.54. The van der Waals surface area contributed by atoms with Crippen molar-refractivity contribution in [1.82, 2.24) is 25.5 Å². The molecule has 0 bridgehead atoms. The van der Waals surface area contributed by atoms with E-state index in [-0.39, 0.29) is 18.9 Å². The van der Waals surface area contributed by atoms with E-state index in [4.69, 9.17) is 0 Å². The number of hydrogen-bond donors (Lipinski definition) is 2. The summed E-state index contributed by atoms with van der Waals surface area (Å²) in [5.74, 6) is -1.31. The fourth-order valence-corrected chi connectivity index (χ4v) is 7.25. The second-order valence-corrected chi connectivity index (χ2v) is 12.6. The zero-order chi connectivity index (χ0) is 34.9. The van der Waals surface area contributed by atoms with Crippen LogP contribution in [-0.2, 0) is 21.5 Å². The predicted molar refractivity (Wildman–Crippen MR) is 195 cm³/mol. The van der Waals surface area contributed by atoms with E-state index in [1.54, 1.807) is 4.90 Å². The first-order valence-corrected chi connectivity index (χ1v) is 17.1. The Labute approximate surface area is 292 Å². The van der Waals surface area contributed by atoms with Crippen LogP contribution >= 0.6 is 0 Å². The quantitative estimate of drug-likeness (QED) is 0.114. The minimum absolute atomic E-state index is 0.144. The lowest BCUT2D eigenvalue weighted by Gasteiger charge is -2.46. The molecule has 252 valence electrons. The van der Waals surface area contributed by atoms with Crippen LogP contribution in [0.2, 0.25) is 0 Å². The Kier molecular flexibility index (Phi) is 10.6. The van der Waals surface area contributed by atoms with Crippen molar-refractivity contribution in [3.05, 3.63) is 162 Å². The molecule has 1 heterocycles. The molecule has 6 rings (SSSR count). The number of aromatic nitrogens is 4. The molecule has 0 unspecified atom stereocenters. The number of amides is 1. The van der Waals surface area contributed by atoms with Crippen LogP contribution < -0.4 is 0 Å². The summed E-state index contributed by atoms with van der Waals surface area (Å²) in [6.45, 7) is 4.15. The lowest BCUT2D eigenvalue weighted by atomic mass is 9.60. The Morgan fingerprint density at radius 1 is 0.740 bits per heavy atom. The Hall–Kier alpha value is -5.89. The zero-order valence-electron chi connectivity index (χ0n) is 28.3. The number of carbonyl (C=O) groups excluding carboxylic acids is 1. The standard InChI is InChI=1S/C42H41N5O3/c1-3-4-24-38(48)47(29-31-25-27-32(28-26-31)36-22-14-15-23-37(36)40-43-45-46-44-40)39(41(49)50)30(2)42(33-16-8-5-9-17-33,34-18-10-6-11-19-34)35-20-12-7-13-21-35/h5-23,25-28,30,39H,3-4,24,29H2,1-2H3,(H,49,50)(H,43,44,45,46)/t30-,39-/m0/s1. The van der Waals surface area contributed by atoms with Crippen LogP contribution in [0.25, 0.3) is 22.5 Å². The highest BCUT2D eigenvalue weighted by Crippen LogP contribution is 2.47. The number of carbonyl (C=O) groups is 2. The van der Waals surface area contributed by atoms with E-state index in [0.717, 1.165) is 45.4 Å². The molecule has 0 saturated heterocycles. The van der Waals surface area contributed by atoms with E-state index in [1.165, 1.54) is 0 Å². The maximum Gasteiger partial charge on any atom is 0.326 e. The molecule has 6 aromatic rings. The molecule has 2 atom stereocenters. The van der Waals surface area contributed by atoms with Gasteiger partial charge in [-0.2, -0.15) is 5.21 Å². The summed E-state index contributed by atoms with van der Waals surface area (Å²) in [7, 11) is 0. The van der Waals surface area contributed by atoms with Gasteiger partial charge >= 0.3 is 5.97 Å². The van der Waals surface area contributed by atoms with Crippen LogP contribution in [-0.4, -0.2) is 48.5 Å². The average molecular weight is 664 g/mol. The average Bonchev–Trinajstić information content (AvgIpc) is 3.71. The second-order valence-electron chi connectivity index (χ2n) is 12.6. The fraction of sp³-hybridized carbons (Fsp3) is 0.214. The van der Waals surface area contributed by atoms with E-state index in [1.807, 2.05) is 117 Å². The van der Waals surface area contributed by atoms with Crippen LogP contribution in [0.4, 0.5) is 0 Å². The Morgan fingerprint density at radius 2 is 1.26 bits per heavy atom. The monoisotopic (exact) mass is 663 g/mol. The van der Waals surface area contributed by atoms with Gasteiger partial charge in [-0.3, -0.25) is 4.79 Å². The van der Waals surface area contributed by atoms with Gasteiger partial charge in [-0.05, 0) is 45.0 Å². The SMILES string of the molecule is CCCCC(=O)N(Cc1ccc(-c2ccccc2-c2nn[nH]n2)cc1)[C@H](C(=O)O)[C@H](C)C(c1ccccc1)(c1ccccc1)c1ccccc1. The zero-order valence-corrected chi connectivity index (χ0v) is 28.3. The Morgan fingerprint density at radius 3 is 1.74 bits per heavy atom. The third kappa shape index (κ3) is 6.83. The van der Waals surface area contributed by atoms with E-state index in [2.05, 4.69) is 57.0 Å². The summed E-state index contributed by atoms with van der Waals surface area (Å²) in [6.07, 6.45) is 1.75. The smallest absolute Gasteiger partial charge is 0.326 e. The van der Waals surface area contributed by atoms with Crippen LogP contribution in [0, 0.1) is 5.92 Å². The van der Waals surface area contributed by atoms with E-state index in [9.17, 15) is 14.7 Å². The van der Waals surface area contributed by atoms with Gasteiger partial charge in [0, 0.05) is 24.4 Å². The number of nitrogens with zero attached hydrogens (tertiary/aromatic N) is 4. The number of aliphatic carboxylic acids is 1. The number of aromatic amines is 1. The molecular weight excluding hydrogens is 622 g/mol. The van der Waals surface area contributed by atoms with E-state index < -0.39 is 23.3 Å². The molecule has 0 aliphatic carbocycles. The molecule has 0 radical (unpaired) electrons. The molecule has 8 heteroatoms. The lowest BCUT2D eigenvalue weighted by molar-refractivity contribution is -0.154. The minimum Gasteiger partial charge on any atom is -0.480 e. The van der Waals surface area contributed by atoms with Crippen molar-refractivity contribution >= 4 is 11.9 Å². The van der Waals surface area contributed by atoms with Crippen molar-refractivity contribution in [1.29, 1.82) is 0 Å². The minimum atomic E-state index is -1.15. The van der Waals surface area contributed by atoms with Crippen molar-refractivity contribution < 1.29 is 14.7 Å². The molecule has 0 fully saturated rings. The summed E-state index contributed by atoms with van der Waals surface area (Å²) in [4.78, 5) is 29.5. The van der Waals surface area contributed by atoms with Crippen molar-refractivity contribution in [2.75, 3.05) is 0 Å².